The second kappa shape index (κ2) is 6.78. The molecule has 6 nitrogen and oxygen atoms in total. The molecule has 1 fully saturated rings. The predicted molar refractivity (Wildman–Crippen MR) is 102 cm³/mol. The number of likely N-dealkylation sites (tertiary alicyclic amines) is 1. The topological polar surface area (TPSA) is 63.1 Å². The minimum Gasteiger partial charge on any atom is -0.324 e. The highest BCUT2D eigenvalue weighted by Crippen LogP contribution is 2.31. The number of aromatic nitrogens is 3. The fraction of sp³-hybridized carbons (Fsp3) is 0.350. The molecule has 26 heavy (non-hydrogen) atoms. The molecule has 3 aromatic rings. The molecule has 0 aliphatic carbocycles. The van der Waals surface area contributed by atoms with Crippen molar-refractivity contribution >= 4 is 22.8 Å². The van der Waals surface area contributed by atoms with E-state index in [9.17, 15) is 4.79 Å². The van der Waals surface area contributed by atoms with Gasteiger partial charge in [0.15, 0.2) is 0 Å². The highest BCUT2D eigenvalue weighted by molar-refractivity contribution is 5.89. The summed E-state index contributed by atoms with van der Waals surface area (Å²) >= 11 is 0. The molecule has 1 aromatic carbocycles. The van der Waals surface area contributed by atoms with Crippen molar-refractivity contribution < 1.29 is 4.79 Å². The van der Waals surface area contributed by atoms with Gasteiger partial charge in [0, 0.05) is 36.9 Å². The first-order valence-electron chi connectivity index (χ1n) is 9.06. The molecule has 3 heterocycles. The third-order valence-corrected chi connectivity index (χ3v) is 4.90. The van der Waals surface area contributed by atoms with Crippen LogP contribution in [-0.2, 0) is 0 Å². The first-order valence-corrected chi connectivity index (χ1v) is 9.06. The van der Waals surface area contributed by atoms with Gasteiger partial charge in [-0.1, -0.05) is 18.2 Å². The lowest BCUT2D eigenvalue weighted by atomic mass is 10.1. The summed E-state index contributed by atoms with van der Waals surface area (Å²) < 4.78 is 2.26. The fourth-order valence-corrected chi connectivity index (χ4v) is 3.67. The lowest BCUT2D eigenvalue weighted by Gasteiger charge is -2.19. The molecule has 0 radical (unpaired) electrons. The van der Waals surface area contributed by atoms with Gasteiger partial charge in [0.2, 0.25) is 0 Å². The van der Waals surface area contributed by atoms with Crippen LogP contribution >= 0.6 is 0 Å². The summed E-state index contributed by atoms with van der Waals surface area (Å²) in [6.45, 7) is 5.74. The Bertz CT molecular complexity index is 918. The van der Waals surface area contributed by atoms with E-state index in [1.807, 2.05) is 47.5 Å². The minimum atomic E-state index is -0.0485. The molecule has 0 spiro atoms. The van der Waals surface area contributed by atoms with Crippen molar-refractivity contribution in [3.8, 4) is 0 Å². The van der Waals surface area contributed by atoms with Crippen molar-refractivity contribution in [2.45, 2.75) is 32.2 Å². The highest BCUT2D eigenvalue weighted by Gasteiger charge is 2.31. The second-order valence-corrected chi connectivity index (χ2v) is 7.03. The van der Waals surface area contributed by atoms with Gasteiger partial charge in [-0.2, -0.15) is 0 Å². The number of nitrogens with zero attached hydrogens (tertiary/aromatic N) is 4. The summed E-state index contributed by atoms with van der Waals surface area (Å²) in [6.07, 6.45) is 4.57. The maximum Gasteiger partial charge on any atom is 0.321 e. The number of amides is 2. The highest BCUT2D eigenvalue weighted by atomic mass is 16.2. The normalized spacial score (nSPS) is 17.2. The number of nitrogens with one attached hydrogen (secondary N) is 1. The SMILES string of the molecule is CC(C)n1c(C2CCN(C(=O)Nc3ccccc3)C2)nc2ccncc21. The standard InChI is InChI=1S/C20H23N5O/c1-14(2)25-18-12-21-10-8-17(18)23-19(25)15-9-11-24(13-15)20(26)22-16-6-4-3-5-7-16/h3-8,10,12,14-15H,9,11,13H2,1-2H3,(H,22,26). The third-order valence-electron chi connectivity index (χ3n) is 4.90. The van der Waals surface area contributed by atoms with Crippen molar-refractivity contribution in [2.75, 3.05) is 18.4 Å². The Morgan fingerprint density at radius 1 is 1.23 bits per heavy atom. The van der Waals surface area contributed by atoms with Crippen LogP contribution in [0.25, 0.3) is 11.0 Å². The van der Waals surface area contributed by atoms with Crippen molar-refractivity contribution in [1.82, 2.24) is 19.4 Å². The van der Waals surface area contributed by atoms with E-state index in [-0.39, 0.29) is 11.9 Å². The van der Waals surface area contributed by atoms with Crippen LogP contribution in [0.1, 0.15) is 38.1 Å². The van der Waals surface area contributed by atoms with Crippen LogP contribution < -0.4 is 5.32 Å². The Morgan fingerprint density at radius 2 is 2.04 bits per heavy atom. The van der Waals surface area contributed by atoms with Crippen LogP contribution in [0, 0.1) is 0 Å². The largest absolute Gasteiger partial charge is 0.324 e. The number of pyridine rings is 1. The van der Waals surface area contributed by atoms with Gasteiger partial charge in [-0.3, -0.25) is 4.98 Å². The number of fused-ring (bicyclic) bond motifs is 1. The maximum atomic E-state index is 12.6. The lowest BCUT2D eigenvalue weighted by molar-refractivity contribution is 0.222. The Morgan fingerprint density at radius 3 is 2.81 bits per heavy atom. The van der Waals surface area contributed by atoms with Crippen LogP contribution in [0.15, 0.2) is 48.8 Å². The molecule has 1 aliphatic heterocycles. The lowest BCUT2D eigenvalue weighted by Crippen LogP contribution is -2.33. The minimum absolute atomic E-state index is 0.0485. The van der Waals surface area contributed by atoms with Gasteiger partial charge in [-0.15, -0.1) is 0 Å². The second-order valence-electron chi connectivity index (χ2n) is 7.03. The van der Waals surface area contributed by atoms with Gasteiger partial charge in [0.1, 0.15) is 5.82 Å². The van der Waals surface area contributed by atoms with Crippen molar-refractivity contribution in [1.29, 1.82) is 0 Å². The van der Waals surface area contributed by atoms with E-state index >= 15 is 0 Å². The average molecular weight is 349 g/mol. The smallest absolute Gasteiger partial charge is 0.321 e. The Balaban J connectivity index is 1.55. The molecular formula is C20H23N5O. The van der Waals surface area contributed by atoms with Crippen molar-refractivity contribution in [2.24, 2.45) is 0 Å². The van der Waals surface area contributed by atoms with Crippen LogP contribution in [0.5, 0.6) is 0 Å². The first kappa shape index (κ1) is 16.6. The van der Waals surface area contributed by atoms with Crippen LogP contribution in [0.4, 0.5) is 10.5 Å². The summed E-state index contributed by atoms with van der Waals surface area (Å²) in [5.41, 5.74) is 2.85. The molecule has 6 heteroatoms. The molecule has 134 valence electrons. The molecule has 1 N–H and O–H groups in total. The number of hydrogen-bond acceptors (Lipinski definition) is 3. The molecule has 2 amide bonds. The number of rotatable bonds is 3. The number of carbonyl (C=O) groups is 1. The molecular weight excluding hydrogens is 326 g/mol. The summed E-state index contributed by atoms with van der Waals surface area (Å²) in [7, 11) is 0. The molecule has 1 saturated heterocycles. The average Bonchev–Trinajstić information content (AvgIpc) is 3.27. The van der Waals surface area contributed by atoms with Crippen LogP contribution in [-0.4, -0.2) is 38.6 Å². The van der Waals surface area contributed by atoms with E-state index < -0.39 is 0 Å². The monoisotopic (exact) mass is 349 g/mol. The molecule has 1 unspecified atom stereocenters. The zero-order chi connectivity index (χ0) is 18.1. The number of benzene rings is 1. The van der Waals surface area contributed by atoms with E-state index in [1.165, 1.54) is 0 Å². The number of carbonyl (C=O) groups excluding carboxylic acids is 1. The van der Waals surface area contributed by atoms with Crippen LogP contribution in [0.3, 0.4) is 0 Å². The molecule has 0 saturated carbocycles. The quantitative estimate of drug-likeness (QED) is 0.776. The van der Waals surface area contributed by atoms with E-state index in [0.29, 0.717) is 12.6 Å². The Labute approximate surface area is 152 Å². The zero-order valence-corrected chi connectivity index (χ0v) is 15.1. The predicted octanol–water partition coefficient (Wildman–Crippen LogP) is 4.03. The number of hydrogen-bond donors (Lipinski definition) is 1. The Hall–Kier alpha value is -2.89. The van der Waals surface area contributed by atoms with E-state index in [1.54, 1.807) is 6.20 Å². The Kier molecular flexibility index (Phi) is 4.32. The molecule has 0 bridgehead atoms. The van der Waals surface area contributed by atoms with E-state index in [2.05, 4.69) is 28.7 Å². The summed E-state index contributed by atoms with van der Waals surface area (Å²) in [5.74, 6) is 1.30. The van der Waals surface area contributed by atoms with Gasteiger partial charge in [-0.25, -0.2) is 9.78 Å². The summed E-state index contributed by atoms with van der Waals surface area (Å²) in [6, 6.07) is 11.8. The number of imidazole rings is 1. The van der Waals surface area contributed by atoms with Gasteiger partial charge >= 0.3 is 6.03 Å². The molecule has 2 aromatic heterocycles. The maximum absolute atomic E-state index is 12.6. The molecule has 1 aliphatic rings. The number of urea groups is 1. The number of anilines is 1. The molecule has 1 atom stereocenters. The zero-order valence-electron chi connectivity index (χ0n) is 15.1. The summed E-state index contributed by atoms with van der Waals surface area (Å²) in [5, 5.41) is 2.97. The van der Waals surface area contributed by atoms with Gasteiger partial charge in [-0.05, 0) is 38.5 Å². The van der Waals surface area contributed by atoms with Crippen molar-refractivity contribution in [3.63, 3.8) is 0 Å². The fourth-order valence-electron chi connectivity index (χ4n) is 3.67. The van der Waals surface area contributed by atoms with Gasteiger partial charge < -0.3 is 14.8 Å². The first-order chi connectivity index (χ1) is 12.6. The third kappa shape index (κ3) is 3.03. The molecule has 4 rings (SSSR count). The van der Waals surface area contributed by atoms with Crippen molar-refractivity contribution in [3.05, 3.63) is 54.6 Å². The number of para-hydroxylation sites is 1. The van der Waals surface area contributed by atoms with Gasteiger partial charge in [0.25, 0.3) is 0 Å². The van der Waals surface area contributed by atoms with Crippen LogP contribution in [0.2, 0.25) is 0 Å². The van der Waals surface area contributed by atoms with Gasteiger partial charge in [0.05, 0.1) is 17.2 Å². The summed E-state index contributed by atoms with van der Waals surface area (Å²) in [4.78, 5) is 23.5. The van der Waals surface area contributed by atoms with E-state index in [4.69, 9.17) is 4.98 Å². The van der Waals surface area contributed by atoms with E-state index in [0.717, 1.165) is 35.5 Å².